The second kappa shape index (κ2) is 5.32. The van der Waals surface area contributed by atoms with Crippen molar-refractivity contribution in [3.8, 4) is 0 Å². The van der Waals surface area contributed by atoms with E-state index in [0.717, 1.165) is 6.26 Å². The van der Waals surface area contributed by atoms with Gasteiger partial charge in [0.15, 0.2) is 10.9 Å². The first kappa shape index (κ1) is 13.4. The van der Waals surface area contributed by atoms with Crippen molar-refractivity contribution in [2.75, 3.05) is 16.3 Å². The summed E-state index contributed by atoms with van der Waals surface area (Å²) in [7, 11) is -3.41. The Morgan fingerprint density at radius 2 is 2.32 bits per heavy atom. The average Bonchev–Trinajstić information content (AvgIpc) is 2.88. The van der Waals surface area contributed by atoms with E-state index in [0.29, 0.717) is 5.13 Å². The molecular formula is C8H10N6O3S2. The van der Waals surface area contributed by atoms with Gasteiger partial charge in [-0.1, -0.05) is 5.21 Å². The van der Waals surface area contributed by atoms with Gasteiger partial charge < -0.3 is 5.32 Å². The summed E-state index contributed by atoms with van der Waals surface area (Å²) in [5.74, 6) is -0.268. The summed E-state index contributed by atoms with van der Waals surface area (Å²) in [6.07, 6.45) is 3.90. The molecule has 0 atom stereocenters. The molecule has 0 saturated carbocycles. The molecule has 0 unspecified atom stereocenters. The number of thiazole rings is 1. The molecule has 11 heteroatoms. The highest BCUT2D eigenvalue weighted by Crippen LogP contribution is 2.10. The summed E-state index contributed by atoms with van der Waals surface area (Å²) in [5.41, 5.74) is 0. The lowest BCUT2D eigenvalue weighted by atomic mass is 10.6. The highest BCUT2D eigenvalue weighted by atomic mass is 32.2. The van der Waals surface area contributed by atoms with Gasteiger partial charge in [0.05, 0.1) is 12.5 Å². The van der Waals surface area contributed by atoms with Crippen LogP contribution in [-0.4, -0.2) is 40.6 Å². The van der Waals surface area contributed by atoms with Gasteiger partial charge in [-0.25, -0.2) is 18.1 Å². The van der Waals surface area contributed by atoms with E-state index in [2.05, 4.69) is 25.3 Å². The Balaban J connectivity index is 1.94. The van der Waals surface area contributed by atoms with Crippen molar-refractivity contribution >= 4 is 38.2 Å². The topological polar surface area (TPSA) is 119 Å². The fourth-order valence-electron chi connectivity index (χ4n) is 1.20. The molecule has 0 fully saturated rings. The summed E-state index contributed by atoms with van der Waals surface area (Å²) >= 11 is 1.29. The van der Waals surface area contributed by atoms with Crippen molar-refractivity contribution in [1.29, 1.82) is 0 Å². The maximum atomic E-state index is 11.6. The van der Waals surface area contributed by atoms with Crippen LogP contribution in [0.4, 0.5) is 10.9 Å². The van der Waals surface area contributed by atoms with Gasteiger partial charge in [-0.05, 0) is 0 Å². The maximum absolute atomic E-state index is 11.6. The SMILES string of the molecule is CS(=O)(=O)Nc1cn(CC(=O)Nc2nccs2)nn1. The third-order valence-corrected chi connectivity index (χ3v) is 3.08. The number of rotatable bonds is 5. The Bertz CT molecular complexity index is 662. The van der Waals surface area contributed by atoms with Crippen LogP contribution in [0, 0.1) is 0 Å². The number of hydrogen-bond acceptors (Lipinski definition) is 7. The zero-order valence-corrected chi connectivity index (χ0v) is 11.4. The lowest BCUT2D eigenvalue weighted by Crippen LogP contribution is -2.19. The number of amides is 1. The van der Waals surface area contributed by atoms with Crippen LogP contribution in [0.1, 0.15) is 0 Å². The number of carbonyl (C=O) groups is 1. The molecule has 2 N–H and O–H groups in total. The van der Waals surface area contributed by atoms with Gasteiger partial charge in [-0.2, -0.15) is 0 Å². The molecule has 102 valence electrons. The van der Waals surface area contributed by atoms with Crippen LogP contribution in [0.3, 0.4) is 0 Å². The average molecular weight is 302 g/mol. The van der Waals surface area contributed by atoms with Crippen LogP contribution in [0.2, 0.25) is 0 Å². The van der Waals surface area contributed by atoms with E-state index >= 15 is 0 Å². The molecule has 0 aliphatic rings. The van der Waals surface area contributed by atoms with Crippen molar-refractivity contribution in [1.82, 2.24) is 20.0 Å². The smallest absolute Gasteiger partial charge is 0.247 e. The van der Waals surface area contributed by atoms with Crippen LogP contribution >= 0.6 is 11.3 Å². The quantitative estimate of drug-likeness (QED) is 0.785. The van der Waals surface area contributed by atoms with Gasteiger partial charge in [0.2, 0.25) is 15.9 Å². The van der Waals surface area contributed by atoms with Crippen molar-refractivity contribution < 1.29 is 13.2 Å². The van der Waals surface area contributed by atoms with Gasteiger partial charge in [-0.15, -0.1) is 16.4 Å². The monoisotopic (exact) mass is 302 g/mol. The molecule has 0 bridgehead atoms. The van der Waals surface area contributed by atoms with E-state index in [4.69, 9.17) is 0 Å². The Morgan fingerprint density at radius 1 is 1.53 bits per heavy atom. The Morgan fingerprint density at radius 3 is 2.95 bits per heavy atom. The molecule has 1 amide bonds. The minimum absolute atomic E-state index is 0.0598. The predicted octanol–water partition coefficient (Wildman–Crippen LogP) is -0.255. The number of hydrogen-bond donors (Lipinski definition) is 2. The third kappa shape index (κ3) is 4.30. The van der Waals surface area contributed by atoms with Crippen LogP contribution in [0.15, 0.2) is 17.8 Å². The Hall–Kier alpha value is -2.01. The fourth-order valence-corrected chi connectivity index (χ4v) is 2.22. The van der Waals surface area contributed by atoms with E-state index in [1.165, 1.54) is 22.2 Å². The van der Waals surface area contributed by atoms with Crippen molar-refractivity contribution in [2.24, 2.45) is 0 Å². The first-order chi connectivity index (χ1) is 8.92. The second-order valence-corrected chi connectivity index (χ2v) is 6.20. The first-order valence-corrected chi connectivity index (χ1v) is 7.77. The molecule has 0 aliphatic heterocycles. The molecule has 0 spiro atoms. The minimum atomic E-state index is -3.41. The lowest BCUT2D eigenvalue weighted by Gasteiger charge is -2.00. The molecule has 0 radical (unpaired) electrons. The minimum Gasteiger partial charge on any atom is -0.300 e. The van der Waals surface area contributed by atoms with Crippen molar-refractivity contribution in [3.63, 3.8) is 0 Å². The van der Waals surface area contributed by atoms with Gasteiger partial charge in [0.1, 0.15) is 6.54 Å². The Kier molecular flexibility index (Phi) is 3.76. The normalized spacial score (nSPS) is 11.2. The van der Waals surface area contributed by atoms with E-state index < -0.39 is 10.0 Å². The van der Waals surface area contributed by atoms with Gasteiger partial charge in [0.25, 0.3) is 0 Å². The highest BCUT2D eigenvalue weighted by Gasteiger charge is 2.09. The number of carbonyl (C=O) groups excluding carboxylic acids is 1. The van der Waals surface area contributed by atoms with Gasteiger partial charge in [-0.3, -0.25) is 9.52 Å². The van der Waals surface area contributed by atoms with Crippen LogP contribution in [-0.2, 0) is 21.4 Å². The van der Waals surface area contributed by atoms with E-state index in [9.17, 15) is 13.2 Å². The van der Waals surface area contributed by atoms with Crippen LogP contribution in [0.5, 0.6) is 0 Å². The molecule has 2 rings (SSSR count). The van der Waals surface area contributed by atoms with Crippen LogP contribution in [0.25, 0.3) is 0 Å². The van der Waals surface area contributed by atoms with E-state index in [1.807, 2.05) is 0 Å². The number of sulfonamides is 1. The molecule has 9 nitrogen and oxygen atoms in total. The van der Waals surface area contributed by atoms with E-state index in [1.54, 1.807) is 11.6 Å². The molecule has 0 saturated heterocycles. The standard InChI is InChI=1S/C8H10N6O3S2/c1-19(16,17)12-6-4-14(13-11-6)5-7(15)10-8-9-2-3-18-8/h2-4,12H,5H2,1H3,(H,9,10,15). The summed E-state index contributed by atoms with van der Waals surface area (Å²) in [6.45, 7) is -0.0853. The van der Waals surface area contributed by atoms with Gasteiger partial charge >= 0.3 is 0 Å². The van der Waals surface area contributed by atoms with E-state index in [-0.39, 0.29) is 18.3 Å². The number of nitrogens with zero attached hydrogens (tertiary/aromatic N) is 4. The highest BCUT2D eigenvalue weighted by molar-refractivity contribution is 7.92. The predicted molar refractivity (Wildman–Crippen MR) is 69.2 cm³/mol. The zero-order valence-electron chi connectivity index (χ0n) is 9.77. The van der Waals surface area contributed by atoms with Crippen LogP contribution < -0.4 is 10.0 Å². The summed E-state index contributed by atoms with van der Waals surface area (Å²) in [5, 5.41) is 12.0. The Labute approximate surface area is 112 Å². The number of anilines is 2. The molecule has 2 aromatic heterocycles. The molecule has 2 heterocycles. The van der Waals surface area contributed by atoms with Crippen molar-refractivity contribution in [2.45, 2.75) is 6.54 Å². The second-order valence-electron chi connectivity index (χ2n) is 3.56. The number of aromatic nitrogens is 4. The maximum Gasteiger partial charge on any atom is 0.247 e. The zero-order chi connectivity index (χ0) is 13.9. The molecule has 19 heavy (non-hydrogen) atoms. The molecular weight excluding hydrogens is 292 g/mol. The van der Waals surface area contributed by atoms with Crippen molar-refractivity contribution in [3.05, 3.63) is 17.8 Å². The molecule has 0 aliphatic carbocycles. The largest absolute Gasteiger partial charge is 0.300 e. The third-order valence-electron chi connectivity index (χ3n) is 1.81. The first-order valence-electron chi connectivity index (χ1n) is 5.00. The molecule has 0 aromatic carbocycles. The summed E-state index contributed by atoms with van der Waals surface area (Å²) < 4.78 is 25.3. The summed E-state index contributed by atoms with van der Waals surface area (Å²) in [6, 6.07) is 0. The lowest BCUT2D eigenvalue weighted by molar-refractivity contribution is -0.116. The van der Waals surface area contributed by atoms with Gasteiger partial charge in [0, 0.05) is 11.6 Å². The fraction of sp³-hybridized carbons (Fsp3) is 0.250. The summed E-state index contributed by atoms with van der Waals surface area (Å²) in [4.78, 5) is 15.5. The molecule has 2 aromatic rings. The number of nitrogens with one attached hydrogen (secondary N) is 2.